The first-order valence-electron chi connectivity index (χ1n) is 5.49. The van der Waals surface area contributed by atoms with Gasteiger partial charge in [0.25, 0.3) is 5.56 Å². The van der Waals surface area contributed by atoms with Crippen LogP contribution in [-0.2, 0) is 0 Å². The second-order valence-corrected chi connectivity index (χ2v) is 3.83. The molecular weight excluding hydrogens is 272 g/mol. The Morgan fingerprint density at radius 3 is 2.60 bits per heavy atom. The van der Waals surface area contributed by atoms with Crippen molar-refractivity contribution in [2.24, 2.45) is 0 Å². The summed E-state index contributed by atoms with van der Waals surface area (Å²) < 4.78 is 28.5. The topological polar surface area (TPSA) is 79.4 Å². The predicted molar refractivity (Wildman–Crippen MR) is 66.1 cm³/mol. The molecule has 0 amide bonds. The van der Waals surface area contributed by atoms with Gasteiger partial charge in [-0.3, -0.25) is 4.79 Å². The Morgan fingerprint density at radius 1 is 1.25 bits per heavy atom. The van der Waals surface area contributed by atoms with Crippen LogP contribution in [0.2, 0.25) is 0 Å². The molecule has 0 aliphatic heterocycles. The van der Waals surface area contributed by atoms with Crippen LogP contribution >= 0.6 is 0 Å². The van der Waals surface area contributed by atoms with E-state index in [4.69, 9.17) is 5.11 Å². The van der Waals surface area contributed by atoms with E-state index in [1.165, 1.54) is 24.3 Å². The molecule has 0 saturated heterocycles. The van der Waals surface area contributed by atoms with Crippen LogP contribution < -0.4 is 10.3 Å². The molecule has 0 spiro atoms. The summed E-state index contributed by atoms with van der Waals surface area (Å²) in [6.45, 7) is -2.95. The highest BCUT2D eigenvalue weighted by Gasteiger charge is 2.10. The fraction of sp³-hybridized carbons (Fsp3) is 0.0769. The zero-order valence-electron chi connectivity index (χ0n) is 9.97. The highest BCUT2D eigenvalue weighted by molar-refractivity contribution is 5.87. The third kappa shape index (κ3) is 3.00. The molecule has 0 radical (unpaired) electrons. The number of benzene rings is 1. The molecule has 0 bridgehead atoms. The number of aromatic carboxylic acids is 1. The van der Waals surface area contributed by atoms with Crippen LogP contribution in [0.4, 0.5) is 8.78 Å². The summed E-state index contributed by atoms with van der Waals surface area (Å²) in [5.41, 5.74) is -0.430. The van der Waals surface area contributed by atoms with E-state index in [2.05, 4.69) is 9.72 Å². The van der Waals surface area contributed by atoms with Gasteiger partial charge >= 0.3 is 12.6 Å². The predicted octanol–water partition coefficient (Wildman–Crippen LogP) is 2.34. The van der Waals surface area contributed by atoms with Crippen molar-refractivity contribution >= 4 is 5.97 Å². The number of aromatic amines is 1. The van der Waals surface area contributed by atoms with E-state index in [1.807, 2.05) is 0 Å². The minimum Gasteiger partial charge on any atom is -0.477 e. The third-order valence-electron chi connectivity index (χ3n) is 2.51. The Kier molecular flexibility index (Phi) is 3.79. The summed E-state index contributed by atoms with van der Waals surface area (Å²) in [6, 6.07) is 8.25. The first kappa shape index (κ1) is 13.7. The molecule has 0 fully saturated rings. The number of carboxylic acid groups (broad SMARTS) is 1. The Hall–Kier alpha value is -2.70. The first-order chi connectivity index (χ1) is 9.47. The van der Waals surface area contributed by atoms with Crippen molar-refractivity contribution < 1.29 is 23.4 Å². The average Bonchev–Trinajstić information content (AvgIpc) is 2.37. The van der Waals surface area contributed by atoms with Crippen molar-refractivity contribution in [2.75, 3.05) is 0 Å². The van der Waals surface area contributed by atoms with Crippen molar-refractivity contribution in [3.63, 3.8) is 0 Å². The van der Waals surface area contributed by atoms with Gasteiger partial charge in [0.2, 0.25) is 0 Å². The molecule has 0 aliphatic rings. The number of ether oxygens (including phenoxy) is 1. The number of H-pyrrole nitrogens is 1. The lowest BCUT2D eigenvalue weighted by molar-refractivity contribution is -0.0498. The summed E-state index contributed by atoms with van der Waals surface area (Å²) in [5, 5.41) is 8.75. The van der Waals surface area contributed by atoms with Crippen LogP contribution in [0.5, 0.6) is 5.75 Å². The van der Waals surface area contributed by atoms with E-state index in [0.29, 0.717) is 11.3 Å². The fourth-order valence-corrected chi connectivity index (χ4v) is 1.65. The van der Waals surface area contributed by atoms with Gasteiger partial charge in [0, 0.05) is 11.3 Å². The normalized spacial score (nSPS) is 10.6. The molecule has 0 unspecified atom stereocenters. The number of nitrogens with one attached hydrogen (secondary N) is 1. The van der Waals surface area contributed by atoms with E-state index in [1.54, 1.807) is 6.07 Å². The van der Waals surface area contributed by atoms with Crippen LogP contribution in [0.25, 0.3) is 11.3 Å². The molecule has 2 rings (SSSR count). The van der Waals surface area contributed by atoms with Crippen LogP contribution in [0.15, 0.2) is 41.2 Å². The SMILES string of the molecule is O=C(O)c1ccc(-c2cccc(OC(F)F)c2)[nH]c1=O. The number of rotatable bonds is 4. The second-order valence-electron chi connectivity index (χ2n) is 3.83. The lowest BCUT2D eigenvalue weighted by Gasteiger charge is -2.07. The molecular formula is C13H9F2NO4. The van der Waals surface area contributed by atoms with Gasteiger partial charge in [-0.15, -0.1) is 0 Å². The maximum atomic E-state index is 12.1. The van der Waals surface area contributed by atoms with E-state index in [-0.39, 0.29) is 5.75 Å². The second kappa shape index (κ2) is 5.52. The summed E-state index contributed by atoms with van der Waals surface area (Å²) >= 11 is 0. The number of halogens is 2. The van der Waals surface area contributed by atoms with E-state index < -0.39 is 23.7 Å². The lowest BCUT2D eigenvalue weighted by Crippen LogP contribution is -2.17. The van der Waals surface area contributed by atoms with Gasteiger partial charge in [-0.25, -0.2) is 4.79 Å². The Morgan fingerprint density at radius 2 is 2.00 bits per heavy atom. The monoisotopic (exact) mass is 281 g/mol. The van der Waals surface area contributed by atoms with Gasteiger partial charge < -0.3 is 14.8 Å². The smallest absolute Gasteiger partial charge is 0.387 e. The Labute approximate surface area is 111 Å². The van der Waals surface area contributed by atoms with Crippen LogP contribution in [0.1, 0.15) is 10.4 Å². The highest BCUT2D eigenvalue weighted by Crippen LogP contribution is 2.22. The fourth-order valence-electron chi connectivity index (χ4n) is 1.65. The largest absolute Gasteiger partial charge is 0.477 e. The number of alkyl halides is 2. The maximum Gasteiger partial charge on any atom is 0.387 e. The van der Waals surface area contributed by atoms with Crippen molar-refractivity contribution in [2.45, 2.75) is 6.61 Å². The number of aromatic nitrogens is 1. The average molecular weight is 281 g/mol. The number of hydrogen-bond acceptors (Lipinski definition) is 3. The molecule has 1 aromatic carbocycles. The molecule has 7 heteroatoms. The van der Waals surface area contributed by atoms with Crippen LogP contribution in [0, 0.1) is 0 Å². The standard InChI is InChI=1S/C13H9F2NO4/c14-13(15)20-8-3-1-2-7(6-8)10-5-4-9(12(18)19)11(17)16-10/h1-6,13H,(H,16,17)(H,18,19). The van der Waals surface area contributed by atoms with Gasteiger partial charge in [-0.05, 0) is 24.3 Å². The van der Waals surface area contributed by atoms with Gasteiger partial charge in [0.1, 0.15) is 11.3 Å². The molecule has 104 valence electrons. The van der Waals surface area contributed by atoms with Gasteiger partial charge in [-0.2, -0.15) is 8.78 Å². The van der Waals surface area contributed by atoms with Crippen molar-refractivity contribution in [3.05, 3.63) is 52.3 Å². The first-order valence-corrected chi connectivity index (χ1v) is 5.49. The molecule has 0 atom stereocenters. The maximum absolute atomic E-state index is 12.1. The zero-order chi connectivity index (χ0) is 14.7. The molecule has 1 aromatic heterocycles. The quantitative estimate of drug-likeness (QED) is 0.901. The van der Waals surface area contributed by atoms with Crippen LogP contribution in [-0.4, -0.2) is 22.7 Å². The minimum atomic E-state index is -2.95. The molecule has 0 aliphatic carbocycles. The van der Waals surface area contributed by atoms with Crippen molar-refractivity contribution in [1.82, 2.24) is 4.98 Å². The van der Waals surface area contributed by atoms with Gasteiger partial charge in [0.15, 0.2) is 0 Å². The highest BCUT2D eigenvalue weighted by atomic mass is 19.3. The Balaban J connectivity index is 2.39. The zero-order valence-corrected chi connectivity index (χ0v) is 9.97. The Bertz CT molecular complexity index is 697. The molecule has 2 aromatic rings. The lowest BCUT2D eigenvalue weighted by atomic mass is 10.1. The minimum absolute atomic E-state index is 0.0549. The van der Waals surface area contributed by atoms with Crippen LogP contribution in [0.3, 0.4) is 0 Å². The molecule has 2 N–H and O–H groups in total. The summed E-state index contributed by atoms with van der Waals surface area (Å²) in [5.74, 6) is -1.40. The van der Waals surface area contributed by atoms with Gasteiger partial charge in [0.05, 0.1) is 0 Å². The summed E-state index contributed by atoms with van der Waals surface area (Å²) in [4.78, 5) is 24.6. The molecule has 5 nitrogen and oxygen atoms in total. The molecule has 1 heterocycles. The van der Waals surface area contributed by atoms with Crippen molar-refractivity contribution in [3.8, 4) is 17.0 Å². The number of carbonyl (C=O) groups is 1. The van der Waals surface area contributed by atoms with Gasteiger partial charge in [-0.1, -0.05) is 12.1 Å². The third-order valence-corrected chi connectivity index (χ3v) is 2.51. The van der Waals surface area contributed by atoms with E-state index in [9.17, 15) is 18.4 Å². The summed E-state index contributed by atoms with van der Waals surface area (Å²) in [7, 11) is 0. The molecule has 0 saturated carbocycles. The summed E-state index contributed by atoms with van der Waals surface area (Å²) in [6.07, 6.45) is 0. The molecule has 20 heavy (non-hydrogen) atoms. The number of pyridine rings is 1. The number of carboxylic acids is 1. The van der Waals surface area contributed by atoms with Crippen molar-refractivity contribution in [1.29, 1.82) is 0 Å². The number of hydrogen-bond donors (Lipinski definition) is 2. The van der Waals surface area contributed by atoms with E-state index >= 15 is 0 Å². The van der Waals surface area contributed by atoms with E-state index in [0.717, 1.165) is 6.07 Å².